The Morgan fingerprint density at radius 2 is 1.90 bits per heavy atom. The van der Waals surface area contributed by atoms with Gasteiger partial charge in [0.15, 0.2) is 5.96 Å². The van der Waals surface area contributed by atoms with Crippen molar-refractivity contribution in [1.29, 1.82) is 0 Å². The van der Waals surface area contributed by atoms with Gasteiger partial charge >= 0.3 is 0 Å². The van der Waals surface area contributed by atoms with Gasteiger partial charge in [0.05, 0.1) is 13.7 Å². The van der Waals surface area contributed by atoms with Crippen molar-refractivity contribution in [2.45, 2.75) is 20.3 Å². The van der Waals surface area contributed by atoms with Crippen LogP contribution in [-0.2, 0) is 6.42 Å². The summed E-state index contributed by atoms with van der Waals surface area (Å²) in [6.45, 7) is 11.5. The highest BCUT2D eigenvalue weighted by Gasteiger charge is 2.18. The van der Waals surface area contributed by atoms with Crippen molar-refractivity contribution in [2.24, 2.45) is 4.99 Å². The quantitative estimate of drug-likeness (QED) is 0.468. The second kappa shape index (κ2) is 12.1. The molecule has 1 aliphatic heterocycles. The number of nitrogens with zero attached hydrogens (tertiary/aromatic N) is 5. The van der Waals surface area contributed by atoms with E-state index in [0.29, 0.717) is 0 Å². The van der Waals surface area contributed by atoms with E-state index >= 15 is 0 Å². The zero-order valence-corrected chi connectivity index (χ0v) is 19.0. The Morgan fingerprint density at radius 1 is 1.13 bits per heavy atom. The number of hydrogen-bond acceptors (Lipinski definition) is 6. The zero-order chi connectivity index (χ0) is 21.9. The molecule has 3 rings (SSSR count). The third-order valence-electron chi connectivity index (χ3n) is 5.36. The minimum absolute atomic E-state index is 0.769. The number of piperazine rings is 1. The van der Waals surface area contributed by atoms with Crippen LogP contribution in [0.4, 0.5) is 5.95 Å². The van der Waals surface area contributed by atoms with Gasteiger partial charge in [-0.15, -0.1) is 0 Å². The van der Waals surface area contributed by atoms with Gasteiger partial charge in [-0.1, -0.05) is 17.7 Å². The Morgan fingerprint density at radius 3 is 2.61 bits per heavy atom. The predicted molar refractivity (Wildman–Crippen MR) is 126 cm³/mol. The van der Waals surface area contributed by atoms with Crippen molar-refractivity contribution in [2.75, 3.05) is 64.4 Å². The van der Waals surface area contributed by atoms with Gasteiger partial charge in [-0.2, -0.15) is 0 Å². The highest BCUT2D eigenvalue weighted by Crippen LogP contribution is 2.19. The van der Waals surface area contributed by atoms with Crippen molar-refractivity contribution < 1.29 is 4.74 Å². The molecule has 168 valence electrons. The standard InChI is InChI=1S/C23H35N7O/c1-4-24-22(25-11-8-20-18-19(2)6-7-21(20)31-3)26-12-13-29-14-16-30(17-15-29)23-27-9-5-10-28-23/h5-7,9-10,18H,4,8,11-17H2,1-3H3,(H2,24,25,26). The first-order chi connectivity index (χ1) is 15.2. The van der Waals surface area contributed by atoms with E-state index in [1.807, 2.05) is 12.1 Å². The number of methoxy groups -OCH3 is 1. The summed E-state index contributed by atoms with van der Waals surface area (Å²) < 4.78 is 5.48. The van der Waals surface area contributed by atoms with Gasteiger partial charge < -0.3 is 20.3 Å². The Bertz CT molecular complexity index is 820. The fourth-order valence-corrected chi connectivity index (χ4v) is 3.69. The fraction of sp³-hybridized carbons (Fsp3) is 0.522. The van der Waals surface area contributed by atoms with E-state index in [-0.39, 0.29) is 0 Å². The summed E-state index contributed by atoms with van der Waals surface area (Å²) in [6.07, 6.45) is 4.49. The first-order valence-electron chi connectivity index (χ1n) is 11.1. The third-order valence-corrected chi connectivity index (χ3v) is 5.36. The number of aryl methyl sites for hydroxylation is 1. The molecular formula is C23H35N7O. The van der Waals surface area contributed by atoms with Crippen molar-refractivity contribution in [3.8, 4) is 5.75 Å². The SMILES string of the molecule is CCNC(=NCCN1CCN(c2ncccn2)CC1)NCCc1cc(C)ccc1OC. The maximum absolute atomic E-state index is 5.48. The number of benzene rings is 1. The lowest BCUT2D eigenvalue weighted by molar-refractivity contribution is 0.263. The molecule has 2 aromatic rings. The van der Waals surface area contributed by atoms with E-state index in [2.05, 4.69) is 56.4 Å². The molecule has 0 radical (unpaired) electrons. The van der Waals surface area contributed by atoms with Gasteiger partial charge in [-0.05, 0) is 38.0 Å². The molecule has 1 aliphatic rings. The number of ether oxygens (including phenoxy) is 1. The number of hydrogen-bond donors (Lipinski definition) is 2. The van der Waals surface area contributed by atoms with Crippen LogP contribution in [0.1, 0.15) is 18.1 Å². The second-order valence-corrected chi connectivity index (χ2v) is 7.63. The fourth-order valence-electron chi connectivity index (χ4n) is 3.69. The van der Waals surface area contributed by atoms with E-state index in [9.17, 15) is 0 Å². The minimum Gasteiger partial charge on any atom is -0.496 e. The lowest BCUT2D eigenvalue weighted by Gasteiger charge is -2.34. The molecule has 0 spiro atoms. The molecule has 0 bridgehead atoms. The number of nitrogens with one attached hydrogen (secondary N) is 2. The number of aromatic nitrogens is 2. The second-order valence-electron chi connectivity index (χ2n) is 7.63. The molecular weight excluding hydrogens is 390 g/mol. The topological polar surface area (TPSA) is 77.9 Å². The van der Waals surface area contributed by atoms with E-state index in [4.69, 9.17) is 9.73 Å². The summed E-state index contributed by atoms with van der Waals surface area (Å²) in [5, 5.41) is 6.79. The number of anilines is 1. The van der Waals surface area contributed by atoms with Crippen LogP contribution in [0.5, 0.6) is 5.75 Å². The zero-order valence-electron chi connectivity index (χ0n) is 19.0. The van der Waals surface area contributed by atoms with E-state index in [0.717, 1.165) is 76.4 Å². The largest absolute Gasteiger partial charge is 0.496 e. The highest BCUT2D eigenvalue weighted by molar-refractivity contribution is 5.79. The average molecular weight is 426 g/mol. The molecule has 1 aromatic heterocycles. The molecule has 0 unspecified atom stereocenters. The minimum atomic E-state index is 0.769. The van der Waals surface area contributed by atoms with Gasteiger partial charge in [-0.3, -0.25) is 9.89 Å². The Labute approximate surface area is 185 Å². The molecule has 1 fully saturated rings. The molecule has 1 saturated heterocycles. The summed E-state index contributed by atoms with van der Waals surface area (Å²) >= 11 is 0. The Hall–Kier alpha value is -2.87. The summed E-state index contributed by atoms with van der Waals surface area (Å²) in [5.74, 6) is 2.63. The number of rotatable bonds is 9. The lowest BCUT2D eigenvalue weighted by atomic mass is 10.1. The monoisotopic (exact) mass is 425 g/mol. The third kappa shape index (κ3) is 7.10. The molecule has 0 amide bonds. The molecule has 31 heavy (non-hydrogen) atoms. The molecule has 1 aromatic carbocycles. The average Bonchev–Trinajstić information content (AvgIpc) is 2.80. The molecule has 8 nitrogen and oxygen atoms in total. The Balaban J connectivity index is 1.42. The Kier molecular flexibility index (Phi) is 8.90. The maximum Gasteiger partial charge on any atom is 0.225 e. The molecule has 8 heteroatoms. The summed E-state index contributed by atoms with van der Waals surface area (Å²) in [6, 6.07) is 8.15. The van der Waals surface area contributed by atoms with Crippen LogP contribution in [0.25, 0.3) is 0 Å². The van der Waals surface area contributed by atoms with Crippen molar-refractivity contribution in [1.82, 2.24) is 25.5 Å². The highest BCUT2D eigenvalue weighted by atomic mass is 16.5. The number of guanidine groups is 1. The van der Waals surface area contributed by atoms with Gasteiger partial charge in [0, 0.05) is 58.2 Å². The van der Waals surface area contributed by atoms with E-state index in [1.165, 1.54) is 11.1 Å². The van der Waals surface area contributed by atoms with Crippen LogP contribution in [0.3, 0.4) is 0 Å². The van der Waals surface area contributed by atoms with Crippen molar-refractivity contribution in [3.63, 3.8) is 0 Å². The van der Waals surface area contributed by atoms with Gasteiger partial charge in [0.1, 0.15) is 5.75 Å². The van der Waals surface area contributed by atoms with Gasteiger partial charge in [0.25, 0.3) is 0 Å². The van der Waals surface area contributed by atoms with E-state index in [1.54, 1.807) is 19.5 Å². The molecule has 0 atom stereocenters. The summed E-state index contributed by atoms with van der Waals surface area (Å²) in [7, 11) is 1.72. The molecule has 0 saturated carbocycles. The molecule has 2 N–H and O–H groups in total. The van der Waals surface area contributed by atoms with E-state index < -0.39 is 0 Å². The molecule has 2 heterocycles. The first kappa shape index (κ1) is 22.8. The van der Waals surface area contributed by atoms with Crippen LogP contribution in [0.2, 0.25) is 0 Å². The predicted octanol–water partition coefficient (Wildman–Crippen LogP) is 1.71. The first-order valence-corrected chi connectivity index (χ1v) is 11.1. The summed E-state index contributed by atoms with van der Waals surface area (Å²) in [4.78, 5) is 18.1. The van der Waals surface area contributed by atoms with Crippen molar-refractivity contribution >= 4 is 11.9 Å². The van der Waals surface area contributed by atoms with Gasteiger partial charge in [-0.25, -0.2) is 9.97 Å². The number of aliphatic imine (C=N–C) groups is 1. The lowest BCUT2D eigenvalue weighted by Crippen LogP contribution is -2.47. The normalized spacial score (nSPS) is 15.1. The van der Waals surface area contributed by atoms with Crippen LogP contribution < -0.4 is 20.3 Å². The van der Waals surface area contributed by atoms with Crippen LogP contribution in [0, 0.1) is 6.92 Å². The maximum atomic E-state index is 5.48. The van der Waals surface area contributed by atoms with Crippen LogP contribution in [-0.4, -0.2) is 80.3 Å². The smallest absolute Gasteiger partial charge is 0.225 e. The van der Waals surface area contributed by atoms with Crippen LogP contribution in [0.15, 0.2) is 41.7 Å². The summed E-state index contributed by atoms with van der Waals surface area (Å²) in [5.41, 5.74) is 2.46. The van der Waals surface area contributed by atoms with Gasteiger partial charge in [0.2, 0.25) is 5.95 Å². The molecule has 0 aliphatic carbocycles. The van der Waals surface area contributed by atoms with Crippen molar-refractivity contribution in [3.05, 3.63) is 47.8 Å². The van der Waals surface area contributed by atoms with Crippen LogP contribution >= 0.6 is 0 Å².